The van der Waals surface area contributed by atoms with E-state index in [4.69, 9.17) is 4.18 Å². The van der Waals surface area contributed by atoms with Gasteiger partial charge in [-0.15, -0.1) is 0 Å². The first-order valence-corrected chi connectivity index (χ1v) is 18.5. The van der Waals surface area contributed by atoms with Crippen LogP contribution in [0.2, 0.25) is 25.7 Å². The summed E-state index contributed by atoms with van der Waals surface area (Å²) in [5, 5.41) is 5.93. The lowest BCUT2D eigenvalue weighted by Crippen LogP contribution is -2.61. The highest BCUT2D eigenvalue weighted by atomic mass is 32.2. The Bertz CT molecular complexity index is 1890. The Kier molecular flexibility index (Phi) is 6.48. The molecule has 1 amide bonds. The fraction of sp³-hybridized carbons (Fsp3) is 0.226. The predicted octanol–water partition coefficient (Wildman–Crippen LogP) is 6.82. The van der Waals surface area contributed by atoms with E-state index in [9.17, 15) is 17.6 Å². The van der Waals surface area contributed by atoms with Crippen molar-refractivity contribution in [2.45, 2.75) is 37.8 Å². The molecule has 6 rings (SSSR count). The monoisotopic (exact) mass is 572 g/mol. The lowest BCUT2D eigenvalue weighted by atomic mass is 9.90. The molecule has 40 heavy (non-hydrogen) atoms. The van der Waals surface area contributed by atoms with Crippen LogP contribution in [-0.4, -0.2) is 39.2 Å². The Morgan fingerprint density at radius 3 is 2.25 bits per heavy atom. The molecule has 2 atom stereocenters. The number of halogens is 1. The summed E-state index contributed by atoms with van der Waals surface area (Å²) in [5.41, 5.74) is 0.980. The molecule has 1 aromatic heterocycles. The molecular weight excluding hydrogens is 544 g/mol. The predicted molar refractivity (Wildman–Crippen MR) is 160 cm³/mol. The first-order chi connectivity index (χ1) is 19.0. The van der Waals surface area contributed by atoms with E-state index in [2.05, 4.69) is 36.8 Å². The first-order valence-electron chi connectivity index (χ1n) is 13.2. The number of rotatable bonds is 7. The van der Waals surface area contributed by atoms with Crippen molar-refractivity contribution in [3.8, 4) is 0 Å². The van der Waals surface area contributed by atoms with Crippen LogP contribution in [0.3, 0.4) is 0 Å². The molecule has 2 heterocycles. The van der Waals surface area contributed by atoms with E-state index in [1.807, 2.05) is 54.6 Å². The highest BCUT2D eigenvalue weighted by Crippen LogP contribution is 2.46. The van der Waals surface area contributed by atoms with Gasteiger partial charge in [-0.2, -0.15) is 8.42 Å². The van der Waals surface area contributed by atoms with Gasteiger partial charge >= 0.3 is 0 Å². The normalized spacial score (nSPS) is 18.0. The third-order valence-electron chi connectivity index (χ3n) is 7.46. The van der Waals surface area contributed by atoms with Crippen molar-refractivity contribution in [1.29, 1.82) is 0 Å². The molecule has 4 aromatic carbocycles. The number of benzene rings is 4. The van der Waals surface area contributed by atoms with Gasteiger partial charge in [0.15, 0.2) is 6.10 Å². The molecule has 1 fully saturated rings. The van der Waals surface area contributed by atoms with Gasteiger partial charge in [-0.1, -0.05) is 80.3 Å². The summed E-state index contributed by atoms with van der Waals surface area (Å²) >= 11 is 0. The molecule has 0 radical (unpaired) electrons. The maximum absolute atomic E-state index is 13.8. The van der Waals surface area contributed by atoms with E-state index >= 15 is 0 Å². The van der Waals surface area contributed by atoms with Crippen LogP contribution in [-0.2, 0) is 19.1 Å². The topological polar surface area (TPSA) is 76.6 Å². The van der Waals surface area contributed by atoms with Crippen molar-refractivity contribution in [2.24, 2.45) is 0 Å². The van der Waals surface area contributed by atoms with Gasteiger partial charge < -0.3 is 0 Å². The molecule has 0 spiro atoms. The van der Waals surface area contributed by atoms with Crippen LogP contribution in [0.4, 0.5) is 10.1 Å². The number of β-lactam (4-membered cyclic amide) rings is 1. The number of carbonyl (C=O) groups excluding carboxylic acids is 1. The standard InChI is InChI=1S/C31H29FN2O4SSi/c1-40(2,3)17-16-39(36,37)38-30-29(27-15-13-21(32)19-33-27)34(31(30)35)28-18-26-22-9-5-4-8-20(22)12-14-24(26)23-10-6-7-11-25(23)28/h4-15,18-19,29-30H,16-17H2,1-3H3. The molecule has 0 bridgehead atoms. The highest BCUT2D eigenvalue weighted by molar-refractivity contribution is 7.86. The number of nitrogens with zero attached hydrogens (tertiary/aromatic N) is 2. The largest absolute Gasteiger partial charge is 0.297 e. The third-order valence-corrected chi connectivity index (χ3v) is 10.8. The first kappa shape index (κ1) is 26.6. The number of fused-ring (bicyclic) bond motifs is 5. The van der Waals surface area contributed by atoms with Crippen LogP contribution in [0.1, 0.15) is 11.7 Å². The number of carbonyl (C=O) groups is 1. The number of aromatic nitrogens is 1. The Labute approximate surface area is 233 Å². The van der Waals surface area contributed by atoms with Crippen molar-refractivity contribution >= 4 is 62.1 Å². The minimum atomic E-state index is -3.98. The molecule has 2 unspecified atom stereocenters. The van der Waals surface area contributed by atoms with E-state index in [0.717, 1.165) is 38.5 Å². The average molecular weight is 573 g/mol. The highest BCUT2D eigenvalue weighted by Gasteiger charge is 2.53. The Morgan fingerprint density at radius 2 is 1.55 bits per heavy atom. The smallest absolute Gasteiger partial charge is 0.267 e. The number of hydrogen-bond acceptors (Lipinski definition) is 5. The molecule has 5 aromatic rings. The van der Waals surface area contributed by atoms with Crippen molar-refractivity contribution in [1.82, 2.24) is 4.98 Å². The molecule has 9 heteroatoms. The molecule has 0 aliphatic carbocycles. The van der Waals surface area contributed by atoms with Crippen LogP contribution in [0.15, 0.2) is 85.1 Å². The lowest BCUT2D eigenvalue weighted by Gasteiger charge is -2.46. The number of anilines is 1. The molecule has 204 valence electrons. The van der Waals surface area contributed by atoms with Gasteiger partial charge in [-0.05, 0) is 51.2 Å². The summed E-state index contributed by atoms with van der Waals surface area (Å²) in [4.78, 5) is 19.6. The van der Waals surface area contributed by atoms with Crippen molar-refractivity contribution in [3.05, 3.63) is 96.6 Å². The second-order valence-corrected chi connectivity index (χ2v) is 18.8. The van der Waals surface area contributed by atoms with E-state index in [1.54, 1.807) is 4.90 Å². The second-order valence-electron chi connectivity index (χ2n) is 11.5. The Balaban J connectivity index is 1.50. The van der Waals surface area contributed by atoms with Crippen LogP contribution in [0.25, 0.3) is 32.3 Å². The van der Waals surface area contributed by atoms with E-state index in [1.165, 1.54) is 12.1 Å². The summed E-state index contributed by atoms with van der Waals surface area (Å²) in [6, 6.07) is 24.4. The Hall–Kier alpha value is -3.66. The summed E-state index contributed by atoms with van der Waals surface area (Å²) < 4.78 is 45.3. The van der Waals surface area contributed by atoms with Crippen molar-refractivity contribution < 1.29 is 21.8 Å². The van der Waals surface area contributed by atoms with Crippen LogP contribution < -0.4 is 4.90 Å². The minimum Gasteiger partial charge on any atom is -0.297 e. The summed E-state index contributed by atoms with van der Waals surface area (Å²) in [7, 11) is -5.65. The Morgan fingerprint density at radius 1 is 0.875 bits per heavy atom. The second kappa shape index (κ2) is 9.76. The van der Waals surface area contributed by atoms with E-state index < -0.39 is 42.1 Å². The fourth-order valence-electron chi connectivity index (χ4n) is 5.35. The van der Waals surface area contributed by atoms with E-state index in [0.29, 0.717) is 17.4 Å². The van der Waals surface area contributed by atoms with Gasteiger partial charge in [0, 0.05) is 13.5 Å². The van der Waals surface area contributed by atoms with Crippen molar-refractivity contribution in [3.63, 3.8) is 0 Å². The van der Waals surface area contributed by atoms with Gasteiger partial charge in [0.05, 0.1) is 23.3 Å². The van der Waals surface area contributed by atoms with Gasteiger partial charge in [0.25, 0.3) is 16.0 Å². The van der Waals surface area contributed by atoms with Gasteiger partial charge in [-0.25, -0.2) is 4.39 Å². The van der Waals surface area contributed by atoms with Crippen LogP contribution in [0.5, 0.6) is 0 Å². The zero-order valence-electron chi connectivity index (χ0n) is 22.5. The van der Waals surface area contributed by atoms with Gasteiger partial charge in [-0.3, -0.25) is 18.9 Å². The molecule has 1 aliphatic rings. The third kappa shape index (κ3) is 4.78. The maximum Gasteiger partial charge on any atom is 0.267 e. The van der Waals surface area contributed by atoms with E-state index in [-0.39, 0.29) is 5.75 Å². The summed E-state index contributed by atoms with van der Waals surface area (Å²) in [6.45, 7) is 6.25. The quantitative estimate of drug-likeness (QED) is 0.0926. The number of amides is 1. The molecule has 6 nitrogen and oxygen atoms in total. The van der Waals surface area contributed by atoms with Gasteiger partial charge in [0.1, 0.15) is 11.9 Å². The van der Waals surface area contributed by atoms with Crippen LogP contribution in [0, 0.1) is 5.82 Å². The molecular formula is C31H29FN2O4SSi. The zero-order valence-corrected chi connectivity index (χ0v) is 24.3. The number of hydrogen-bond donors (Lipinski definition) is 0. The summed E-state index contributed by atoms with van der Waals surface area (Å²) in [5.74, 6) is -1.15. The molecule has 1 saturated heterocycles. The summed E-state index contributed by atoms with van der Waals surface area (Å²) in [6.07, 6.45) is -0.217. The SMILES string of the molecule is C[Si](C)(C)CCS(=O)(=O)OC1C(=O)N(c2cc3c4ccccc4ccc3c3ccccc23)C1c1ccc(F)cn1. The maximum atomic E-state index is 13.8. The fourth-order valence-corrected chi connectivity index (χ4v) is 9.40. The van der Waals surface area contributed by atoms with Crippen molar-refractivity contribution in [2.75, 3.05) is 10.7 Å². The van der Waals surface area contributed by atoms with Crippen LogP contribution >= 0.6 is 0 Å². The number of pyridine rings is 1. The lowest BCUT2D eigenvalue weighted by molar-refractivity contribution is -0.134. The van der Waals surface area contributed by atoms with Gasteiger partial charge in [0.2, 0.25) is 0 Å². The minimum absolute atomic E-state index is 0.152. The zero-order chi connectivity index (χ0) is 28.2. The molecule has 0 saturated carbocycles. The molecule has 0 N–H and O–H groups in total. The molecule has 1 aliphatic heterocycles. The average Bonchev–Trinajstić information content (AvgIpc) is 2.93.